The van der Waals surface area contributed by atoms with Gasteiger partial charge in [0.15, 0.2) is 6.61 Å². The predicted molar refractivity (Wildman–Crippen MR) is 120 cm³/mol. The maximum atomic E-state index is 12.0. The van der Waals surface area contributed by atoms with Crippen LogP contribution in [0.2, 0.25) is 0 Å². The van der Waals surface area contributed by atoms with E-state index in [0.29, 0.717) is 18.0 Å². The van der Waals surface area contributed by atoms with Crippen LogP contribution < -0.4 is 14.4 Å². The quantitative estimate of drug-likeness (QED) is 0.533. The molecule has 0 atom stereocenters. The van der Waals surface area contributed by atoms with Crippen molar-refractivity contribution in [1.82, 2.24) is 5.32 Å². The zero-order valence-corrected chi connectivity index (χ0v) is 18.0. The van der Waals surface area contributed by atoms with Gasteiger partial charge in [0.25, 0.3) is 5.91 Å². The zero-order valence-electron chi connectivity index (χ0n) is 17.2. The Morgan fingerprint density at radius 2 is 1.70 bits per heavy atom. The van der Waals surface area contributed by atoms with Crippen LogP contribution in [0.4, 0.5) is 5.69 Å². The molecule has 3 aromatic rings. The van der Waals surface area contributed by atoms with Crippen LogP contribution in [0.15, 0.2) is 66.7 Å². The fraction of sp³-hybridized carbons (Fsp3) is 0.261. The van der Waals surface area contributed by atoms with Crippen LogP contribution in [0.1, 0.15) is 12.0 Å². The second-order valence-corrected chi connectivity index (χ2v) is 9.12. The number of amides is 1. The highest BCUT2D eigenvalue weighted by atomic mass is 32.2. The molecule has 0 bridgehead atoms. The minimum Gasteiger partial charge on any atom is -0.484 e. The van der Waals surface area contributed by atoms with Crippen molar-refractivity contribution in [3.05, 3.63) is 72.3 Å². The van der Waals surface area contributed by atoms with E-state index in [1.54, 1.807) is 24.3 Å². The number of sulfonamides is 1. The SMILES string of the molecule is CN(c1ccc(OCC(=O)NCCCc2cccc3ccccc23)cc1)S(C)(=O)=O. The maximum Gasteiger partial charge on any atom is 0.257 e. The Morgan fingerprint density at radius 1 is 1.00 bits per heavy atom. The molecule has 6 nitrogen and oxygen atoms in total. The first kappa shape index (κ1) is 21.6. The van der Waals surface area contributed by atoms with E-state index in [9.17, 15) is 13.2 Å². The Morgan fingerprint density at radius 3 is 2.43 bits per heavy atom. The lowest BCUT2D eigenvalue weighted by atomic mass is 10.0. The van der Waals surface area contributed by atoms with Crippen molar-refractivity contribution in [2.24, 2.45) is 0 Å². The van der Waals surface area contributed by atoms with E-state index in [1.165, 1.54) is 27.7 Å². The van der Waals surface area contributed by atoms with Gasteiger partial charge in [0.1, 0.15) is 5.75 Å². The molecule has 0 spiro atoms. The van der Waals surface area contributed by atoms with E-state index in [-0.39, 0.29) is 12.5 Å². The molecule has 1 amide bonds. The highest BCUT2D eigenvalue weighted by Crippen LogP contribution is 2.21. The first-order valence-electron chi connectivity index (χ1n) is 9.75. The summed E-state index contributed by atoms with van der Waals surface area (Å²) in [6, 6.07) is 21.1. The average molecular weight is 427 g/mol. The molecule has 0 aliphatic heterocycles. The van der Waals surface area contributed by atoms with E-state index < -0.39 is 10.0 Å². The van der Waals surface area contributed by atoms with Gasteiger partial charge in [-0.05, 0) is 53.4 Å². The number of carbonyl (C=O) groups excluding carboxylic acids is 1. The number of aryl methyl sites for hydroxylation is 1. The number of fused-ring (bicyclic) bond motifs is 1. The van der Waals surface area contributed by atoms with Crippen molar-refractivity contribution in [3.8, 4) is 5.75 Å². The maximum absolute atomic E-state index is 12.0. The van der Waals surface area contributed by atoms with Crippen LogP contribution in [0, 0.1) is 0 Å². The van der Waals surface area contributed by atoms with Gasteiger partial charge in [-0.1, -0.05) is 42.5 Å². The second kappa shape index (κ2) is 9.63. The van der Waals surface area contributed by atoms with Crippen LogP contribution in [-0.4, -0.2) is 40.8 Å². The third-order valence-electron chi connectivity index (χ3n) is 4.89. The summed E-state index contributed by atoms with van der Waals surface area (Å²) in [6.45, 7) is 0.485. The molecule has 0 heterocycles. The Bertz CT molecular complexity index is 1110. The van der Waals surface area contributed by atoms with Crippen LogP contribution in [0.5, 0.6) is 5.75 Å². The fourth-order valence-electron chi connectivity index (χ4n) is 3.16. The summed E-state index contributed by atoms with van der Waals surface area (Å²) < 4.78 is 29.8. The van der Waals surface area contributed by atoms with Gasteiger partial charge in [-0.3, -0.25) is 9.10 Å². The van der Waals surface area contributed by atoms with Crippen LogP contribution >= 0.6 is 0 Å². The zero-order chi connectivity index (χ0) is 21.6. The minimum absolute atomic E-state index is 0.0878. The lowest BCUT2D eigenvalue weighted by Crippen LogP contribution is -2.30. The summed E-state index contributed by atoms with van der Waals surface area (Å²) in [4.78, 5) is 12.0. The molecule has 3 aromatic carbocycles. The number of anilines is 1. The van der Waals surface area contributed by atoms with E-state index in [2.05, 4.69) is 35.6 Å². The van der Waals surface area contributed by atoms with Crippen LogP contribution in [0.3, 0.4) is 0 Å². The van der Waals surface area contributed by atoms with Crippen LogP contribution in [0.25, 0.3) is 10.8 Å². The van der Waals surface area contributed by atoms with Crippen molar-refractivity contribution in [2.75, 3.05) is 30.8 Å². The van der Waals surface area contributed by atoms with Crippen LogP contribution in [-0.2, 0) is 21.2 Å². The molecule has 0 fully saturated rings. The Hall–Kier alpha value is -3.06. The lowest BCUT2D eigenvalue weighted by Gasteiger charge is -2.16. The third kappa shape index (κ3) is 5.73. The number of nitrogens with zero attached hydrogens (tertiary/aromatic N) is 1. The molecule has 0 saturated carbocycles. The van der Waals surface area contributed by atoms with E-state index in [0.717, 1.165) is 19.1 Å². The molecular weight excluding hydrogens is 400 g/mol. The highest BCUT2D eigenvalue weighted by Gasteiger charge is 2.11. The first-order chi connectivity index (χ1) is 14.3. The van der Waals surface area contributed by atoms with Gasteiger partial charge in [-0.2, -0.15) is 0 Å². The van der Waals surface area contributed by atoms with Gasteiger partial charge in [0, 0.05) is 13.6 Å². The van der Waals surface area contributed by atoms with Crippen molar-refractivity contribution in [1.29, 1.82) is 0 Å². The van der Waals surface area contributed by atoms with Crippen molar-refractivity contribution in [3.63, 3.8) is 0 Å². The van der Waals surface area contributed by atoms with E-state index in [4.69, 9.17) is 4.74 Å². The largest absolute Gasteiger partial charge is 0.484 e. The van der Waals surface area contributed by atoms with Crippen molar-refractivity contribution < 1.29 is 17.9 Å². The molecule has 0 unspecified atom stereocenters. The molecule has 0 aliphatic carbocycles. The molecule has 158 valence electrons. The van der Waals surface area contributed by atoms with E-state index in [1.807, 2.05) is 12.1 Å². The normalized spacial score (nSPS) is 11.3. The molecule has 0 aliphatic rings. The van der Waals surface area contributed by atoms with Gasteiger partial charge >= 0.3 is 0 Å². The number of ether oxygens (including phenoxy) is 1. The van der Waals surface area contributed by atoms with Gasteiger partial charge < -0.3 is 10.1 Å². The Labute approximate surface area is 177 Å². The molecule has 3 rings (SSSR count). The number of hydrogen-bond acceptors (Lipinski definition) is 4. The molecule has 7 heteroatoms. The topological polar surface area (TPSA) is 75.7 Å². The summed E-state index contributed by atoms with van der Waals surface area (Å²) in [6.07, 6.45) is 2.87. The first-order valence-corrected chi connectivity index (χ1v) is 11.6. The highest BCUT2D eigenvalue weighted by molar-refractivity contribution is 7.92. The van der Waals surface area contributed by atoms with Gasteiger partial charge in [0.2, 0.25) is 10.0 Å². The standard InChI is InChI=1S/C23H26N2O4S/c1-25(30(2,27)28)20-12-14-21(15-13-20)29-17-23(26)24-16-6-10-19-9-5-8-18-7-3-4-11-22(18)19/h3-5,7-9,11-15H,6,10,16-17H2,1-2H3,(H,24,26). The Kier molecular flexibility index (Phi) is 6.95. The summed E-state index contributed by atoms with van der Waals surface area (Å²) in [5.74, 6) is 0.316. The van der Waals surface area contributed by atoms with E-state index >= 15 is 0 Å². The van der Waals surface area contributed by atoms with Crippen molar-refractivity contribution >= 4 is 32.4 Å². The molecular formula is C23H26N2O4S. The molecule has 1 N–H and O–H groups in total. The number of benzene rings is 3. The van der Waals surface area contributed by atoms with Gasteiger partial charge in [-0.15, -0.1) is 0 Å². The minimum atomic E-state index is -3.31. The molecule has 30 heavy (non-hydrogen) atoms. The molecule has 0 radical (unpaired) electrons. The monoisotopic (exact) mass is 426 g/mol. The number of carbonyl (C=O) groups is 1. The average Bonchev–Trinajstić information content (AvgIpc) is 2.74. The van der Waals surface area contributed by atoms with Gasteiger partial charge in [0.05, 0.1) is 11.9 Å². The number of rotatable bonds is 9. The summed E-state index contributed by atoms with van der Waals surface area (Å²) >= 11 is 0. The second-order valence-electron chi connectivity index (χ2n) is 7.10. The summed E-state index contributed by atoms with van der Waals surface area (Å²) in [5, 5.41) is 5.34. The lowest BCUT2D eigenvalue weighted by molar-refractivity contribution is -0.123. The summed E-state index contributed by atoms with van der Waals surface area (Å²) in [7, 11) is -1.83. The predicted octanol–water partition coefficient (Wildman–Crippen LogP) is 3.36. The van der Waals surface area contributed by atoms with Gasteiger partial charge in [-0.25, -0.2) is 8.42 Å². The molecule has 0 aromatic heterocycles. The number of nitrogens with one attached hydrogen (secondary N) is 1. The number of hydrogen-bond donors (Lipinski definition) is 1. The smallest absolute Gasteiger partial charge is 0.257 e. The fourth-order valence-corrected chi connectivity index (χ4v) is 3.67. The third-order valence-corrected chi connectivity index (χ3v) is 6.10. The molecule has 0 saturated heterocycles. The summed E-state index contributed by atoms with van der Waals surface area (Å²) in [5.41, 5.74) is 1.81. The Balaban J connectivity index is 1.42. The van der Waals surface area contributed by atoms with Crippen molar-refractivity contribution in [2.45, 2.75) is 12.8 Å².